The molecule has 1 rings (SSSR count). The Morgan fingerprint density at radius 2 is 1.44 bits per heavy atom. The summed E-state index contributed by atoms with van der Waals surface area (Å²) in [6, 6.07) is 1.23. The number of nitrogens with two attached hydrogens (primary N) is 2. The summed E-state index contributed by atoms with van der Waals surface area (Å²) < 4.78 is 0. The number of rotatable bonds is 19. The van der Waals surface area contributed by atoms with Crippen molar-refractivity contribution in [2.24, 2.45) is 11.5 Å². The Morgan fingerprint density at radius 1 is 0.846 bits per heavy atom. The van der Waals surface area contributed by atoms with Crippen molar-refractivity contribution < 1.29 is 39.3 Å². The summed E-state index contributed by atoms with van der Waals surface area (Å²) in [5.74, 6) is -4.09. The lowest BCUT2D eigenvalue weighted by Gasteiger charge is -2.25. The first kappa shape index (κ1) is 33.7. The summed E-state index contributed by atoms with van der Waals surface area (Å²) >= 11 is 1.51. The molecule has 0 aliphatic carbocycles. The average molecular weight is 570 g/mol. The molecule has 4 atom stereocenters. The van der Waals surface area contributed by atoms with E-state index in [-0.39, 0.29) is 25.0 Å². The van der Waals surface area contributed by atoms with E-state index in [1.807, 2.05) is 6.26 Å². The number of nitrogens with one attached hydrogen (secondary N) is 3. The molecule has 14 heteroatoms. The third kappa shape index (κ3) is 13.3. The van der Waals surface area contributed by atoms with E-state index >= 15 is 0 Å². The van der Waals surface area contributed by atoms with Gasteiger partial charge < -0.3 is 42.7 Å². The fourth-order valence-electron chi connectivity index (χ4n) is 3.56. The van der Waals surface area contributed by atoms with Crippen molar-refractivity contribution in [2.75, 3.05) is 18.6 Å². The van der Waals surface area contributed by atoms with Crippen LogP contribution in [0.1, 0.15) is 44.1 Å². The van der Waals surface area contributed by atoms with Gasteiger partial charge in [-0.05, 0) is 68.4 Å². The van der Waals surface area contributed by atoms with E-state index in [0.29, 0.717) is 37.1 Å². The molecule has 0 heterocycles. The van der Waals surface area contributed by atoms with Gasteiger partial charge in [0, 0.05) is 12.8 Å². The van der Waals surface area contributed by atoms with Crippen LogP contribution in [-0.4, -0.2) is 87.7 Å². The summed E-state index contributed by atoms with van der Waals surface area (Å²) in [6.45, 7) is 0.354. The van der Waals surface area contributed by atoms with Crippen LogP contribution in [0.4, 0.5) is 0 Å². The zero-order valence-corrected chi connectivity index (χ0v) is 22.7. The number of carbonyl (C=O) groups excluding carboxylic acids is 3. The maximum Gasteiger partial charge on any atom is 0.326 e. The molecular weight excluding hydrogens is 530 g/mol. The molecule has 3 amide bonds. The molecule has 0 saturated heterocycles. The van der Waals surface area contributed by atoms with E-state index in [4.69, 9.17) is 16.6 Å². The van der Waals surface area contributed by atoms with Crippen molar-refractivity contribution >= 4 is 41.4 Å². The Balaban J connectivity index is 3.12. The molecule has 0 aliphatic heterocycles. The summed E-state index contributed by atoms with van der Waals surface area (Å²) in [6.07, 6.45) is 2.52. The lowest BCUT2D eigenvalue weighted by molar-refractivity contribution is -0.143. The minimum atomic E-state index is -1.38. The SMILES string of the molecule is CSCCC(N)C(=O)NC(Cc1ccc(O)cc1)C(=O)NC(CCC(=O)O)C(=O)NC(CCCCN)C(=O)O. The number of carboxylic acid groups (broad SMARTS) is 2. The van der Waals surface area contributed by atoms with Crippen molar-refractivity contribution in [3.63, 3.8) is 0 Å². The van der Waals surface area contributed by atoms with E-state index in [0.717, 1.165) is 0 Å². The lowest BCUT2D eigenvalue weighted by atomic mass is 10.0. The fourth-order valence-corrected chi connectivity index (χ4v) is 4.05. The van der Waals surface area contributed by atoms with Crippen LogP contribution in [0.2, 0.25) is 0 Å². The fraction of sp³-hybridized carbons (Fsp3) is 0.560. The Bertz CT molecular complexity index is 962. The second-order valence-corrected chi connectivity index (χ2v) is 9.98. The number of hydrogen-bond donors (Lipinski definition) is 8. The number of carboxylic acids is 2. The summed E-state index contributed by atoms with van der Waals surface area (Å²) in [5.41, 5.74) is 12.0. The van der Waals surface area contributed by atoms with Crippen LogP contribution in [0, 0.1) is 0 Å². The van der Waals surface area contributed by atoms with Gasteiger partial charge in [-0.25, -0.2) is 4.79 Å². The molecule has 218 valence electrons. The number of hydrogen-bond acceptors (Lipinski definition) is 9. The number of aliphatic carboxylic acids is 2. The van der Waals surface area contributed by atoms with Crippen LogP contribution >= 0.6 is 11.8 Å². The highest BCUT2D eigenvalue weighted by Crippen LogP contribution is 2.12. The number of phenols is 1. The minimum Gasteiger partial charge on any atom is -0.508 e. The van der Waals surface area contributed by atoms with Crippen molar-refractivity contribution in [3.8, 4) is 5.75 Å². The predicted octanol–water partition coefficient (Wildman–Crippen LogP) is -0.452. The van der Waals surface area contributed by atoms with Gasteiger partial charge in [-0.15, -0.1) is 0 Å². The van der Waals surface area contributed by atoms with Crippen LogP contribution < -0.4 is 27.4 Å². The number of carbonyl (C=O) groups is 5. The Labute approximate surface area is 231 Å². The van der Waals surface area contributed by atoms with Crippen molar-refractivity contribution in [1.82, 2.24) is 16.0 Å². The molecule has 13 nitrogen and oxygen atoms in total. The first-order valence-electron chi connectivity index (χ1n) is 12.6. The second kappa shape index (κ2) is 18.0. The molecule has 0 fully saturated rings. The van der Waals surface area contributed by atoms with E-state index in [9.17, 15) is 34.2 Å². The van der Waals surface area contributed by atoms with Gasteiger partial charge in [-0.3, -0.25) is 19.2 Å². The Hall–Kier alpha value is -3.36. The maximum absolute atomic E-state index is 13.3. The van der Waals surface area contributed by atoms with Crippen LogP contribution in [-0.2, 0) is 30.4 Å². The highest BCUT2D eigenvalue weighted by Gasteiger charge is 2.30. The maximum atomic E-state index is 13.3. The van der Waals surface area contributed by atoms with Crippen LogP contribution in [0.25, 0.3) is 0 Å². The van der Waals surface area contributed by atoms with Crippen LogP contribution in [0.15, 0.2) is 24.3 Å². The largest absolute Gasteiger partial charge is 0.508 e. The third-order valence-corrected chi connectivity index (χ3v) is 6.46. The zero-order valence-electron chi connectivity index (χ0n) is 21.9. The average Bonchev–Trinajstić information content (AvgIpc) is 2.89. The molecular formula is C25H39N5O8S. The van der Waals surface area contributed by atoms with Gasteiger partial charge in [-0.2, -0.15) is 11.8 Å². The van der Waals surface area contributed by atoms with Crippen LogP contribution in [0.5, 0.6) is 5.75 Å². The van der Waals surface area contributed by atoms with Gasteiger partial charge in [0.05, 0.1) is 6.04 Å². The quantitative estimate of drug-likeness (QED) is 0.0993. The van der Waals surface area contributed by atoms with Gasteiger partial charge >= 0.3 is 11.9 Å². The summed E-state index contributed by atoms with van der Waals surface area (Å²) in [4.78, 5) is 61.8. The summed E-state index contributed by atoms with van der Waals surface area (Å²) in [5, 5.41) is 35.6. The number of aromatic hydroxyl groups is 1. The normalized spacial score (nSPS) is 13.9. The van der Waals surface area contributed by atoms with E-state index in [1.54, 1.807) is 12.1 Å². The molecule has 0 radical (unpaired) electrons. The Kier molecular flexibility index (Phi) is 15.6. The predicted molar refractivity (Wildman–Crippen MR) is 146 cm³/mol. The number of phenolic OH excluding ortho intramolecular Hbond substituents is 1. The molecule has 10 N–H and O–H groups in total. The van der Waals surface area contributed by atoms with Crippen molar-refractivity contribution in [1.29, 1.82) is 0 Å². The molecule has 1 aromatic rings. The number of unbranched alkanes of at least 4 members (excludes halogenated alkanes) is 1. The molecule has 0 aliphatic rings. The zero-order chi connectivity index (χ0) is 29.4. The first-order chi connectivity index (χ1) is 18.5. The highest BCUT2D eigenvalue weighted by molar-refractivity contribution is 7.98. The van der Waals surface area contributed by atoms with Gasteiger partial charge in [-0.1, -0.05) is 12.1 Å². The molecule has 4 unspecified atom stereocenters. The van der Waals surface area contributed by atoms with E-state index in [1.165, 1.54) is 23.9 Å². The Morgan fingerprint density at radius 3 is 2.00 bits per heavy atom. The first-order valence-corrected chi connectivity index (χ1v) is 14.0. The molecule has 0 bridgehead atoms. The van der Waals surface area contributed by atoms with Gasteiger partial charge in [0.2, 0.25) is 17.7 Å². The van der Waals surface area contributed by atoms with Crippen molar-refractivity contribution in [3.05, 3.63) is 29.8 Å². The van der Waals surface area contributed by atoms with Gasteiger partial charge in [0.1, 0.15) is 23.9 Å². The van der Waals surface area contributed by atoms with E-state index < -0.39 is 60.2 Å². The minimum absolute atomic E-state index is 0.00716. The van der Waals surface area contributed by atoms with Gasteiger partial charge in [0.25, 0.3) is 0 Å². The van der Waals surface area contributed by atoms with Gasteiger partial charge in [0.15, 0.2) is 0 Å². The number of thioether (sulfide) groups is 1. The second-order valence-electron chi connectivity index (χ2n) is 9.00. The lowest BCUT2D eigenvalue weighted by Crippen LogP contribution is -2.57. The molecule has 0 spiro atoms. The summed E-state index contributed by atoms with van der Waals surface area (Å²) in [7, 11) is 0. The number of benzene rings is 1. The number of amides is 3. The van der Waals surface area contributed by atoms with Crippen molar-refractivity contribution in [2.45, 2.75) is 69.1 Å². The molecule has 0 aromatic heterocycles. The smallest absolute Gasteiger partial charge is 0.326 e. The standard InChI is InChI=1S/C25H39N5O8S/c1-39-13-11-17(27)22(34)30-20(14-15-5-7-16(31)8-6-15)24(36)28-18(9-10-21(32)33)23(35)29-19(25(37)38)4-2-3-12-26/h5-8,17-20,31H,2-4,9-14,26-27H2,1H3,(H,28,36)(H,29,35)(H,30,34)(H,32,33)(H,37,38). The monoisotopic (exact) mass is 569 g/mol. The van der Waals surface area contributed by atoms with E-state index in [2.05, 4.69) is 16.0 Å². The molecule has 1 aromatic carbocycles. The van der Waals surface area contributed by atoms with Crippen LogP contribution in [0.3, 0.4) is 0 Å². The topological polar surface area (TPSA) is 234 Å². The molecule has 39 heavy (non-hydrogen) atoms. The molecule has 0 saturated carbocycles. The highest BCUT2D eigenvalue weighted by atomic mass is 32.2. The third-order valence-electron chi connectivity index (χ3n) is 5.82.